The fourth-order valence-corrected chi connectivity index (χ4v) is 3.42. The van der Waals surface area contributed by atoms with Gasteiger partial charge in [0, 0.05) is 30.3 Å². The smallest absolute Gasteiger partial charge is 0.335 e. The van der Waals surface area contributed by atoms with Crippen LogP contribution in [0.1, 0.15) is 16.8 Å². The largest absolute Gasteiger partial charge is 0.497 e. The summed E-state index contributed by atoms with van der Waals surface area (Å²) in [4.78, 5) is 28.4. The van der Waals surface area contributed by atoms with E-state index in [1.54, 1.807) is 37.4 Å². The van der Waals surface area contributed by atoms with Crippen molar-refractivity contribution in [2.75, 3.05) is 12.4 Å². The summed E-state index contributed by atoms with van der Waals surface area (Å²) in [7, 11) is 1.58. The average molecular weight is 415 g/mol. The van der Waals surface area contributed by atoms with Gasteiger partial charge in [-0.1, -0.05) is 30.3 Å². The molecule has 0 atom stereocenters. The van der Waals surface area contributed by atoms with Gasteiger partial charge in [0.25, 0.3) is 0 Å². The van der Waals surface area contributed by atoms with Crippen LogP contribution in [0.15, 0.2) is 72.8 Å². The molecule has 0 fully saturated rings. The molecule has 0 radical (unpaired) electrons. The van der Waals surface area contributed by atoms with Gasteiger partial charge in [-0.2, -0.15) is 0 Å². The highest BCUT2D eigenvalue weighted by molar-refractivity contribution is 5.91. The summed E-state index contributed by atoms with van der Waals surface area (Å²) in [5.41, 5.74) is 3.39. The van der Waals surface area contributed by atoms with Crippen LogP contribution in [0.2, 0.25) is 0 Å². The summed E-state index contributed by atoms with van der Waals surface area (Å²) in [5, 5.41) is 12.0. The van der Waals surface area contributed by atoms with Gasteiger partial charge in [0.2, 0.25) is 5.91 Å². The van der Waals surface area contributed by atoms with Crippen molar-refractivity contribution in [1.29, 1.82) is 0 Å². The number of carbonyl (C=O) groups excluding carboxylic acids is 1. The molecule has 0 saturated carbocycles. The van der Waals surface area contributed by atoms with Gasteiger partial charge in [-0.05, 0) is 36.4 Å². The minimum absolute atomic E-state index is 0.127. The molecule has 0 aliphatic rings. The highest BCUT2D eigenvalue weighted by Crippen LogP contribution is 2.26. The lowest BCUT2D eigenvalue weighted by molar-refractivity contribution is -0.116. The van der Waals surface area contributed by atoms with E-state index in [1.165, 1.54) is 0 Å². The maximum atomic E-state index is 12.6. The van der Waals surface area contributed by atoms with Gasteiger partial charge in [0.05, 0.1) is 23.7 Å². The number of anilines is 1. The van der Waals surface area contributed by atoms with Gasteiger partial charge in [-0.3, -0.25) is 4.79 Å². The number of fused-ring (bicyclic) bond motifs is 1. The normalized spacial score (nSPS) is 10.7. The second-order valence-corrected chi connectivity index (χ2v) is 6.99. The van der Waals surface area contributed by atoms with Gasteiger partial charge in [-0.15, -0.1) is 0 Å². The number of para-hydroxylation sites is 2. The van der Waals surface area contributed by atoms with Crippen LogP contribution in [0, 0.1) is 0 Å². The van der Waals surface area contributed by atoms with Gasteiger partial charge in [0.1, 0.15) is 11.6 Å². The maximum absolute atomic E-state index is 12.6. The van der Waals surface area contributed by atoms with Gasteiger partial charge < -0.3 is 19.7 Å². The maximum Gasteiger partial charge on any atom is 0.335 e. The Kier molecular flexibility index (Phi) is 5.66. The number of carboxylic acid groups (broad SMARTS) is 1. The van der Waals surface area contributed by atoms with E-state index >= 15 is 0 Å². The molecule has 0 aliphatic heterocycles. The monoisotopic (exact) mass is 415 g/mol. The van der Waals surface area contributed by atoms with Crippen molar-refractivity contribution in [3.05, 3.63) is 78.4 Å². The highest BCUT2D eigenvalue weighted by Gasteiger charge is 2.14. The van der Waals surface area contributed by atoms with Crippen LogP contribution in [-0.4, -0.2) is 33.6 Å². The first-order valence-electron chi connectivity index (χ1n) is 9.78. The molecule has 0 aliphatic carbocycles. The first-order chi connectivity index (χ1) is 15.0. The van der Waals surface area contributed by atoms with Crippen molar-refractivity contribution in [1.82, 2.24) is 9.55 Å². The van der Waals surface area contributed by atoms with Crippen molar-refractivity contribution >= 4 is 28.6 Å². The number of methoxy groups -OCH3 is 1. The SMILES string of the molecule is COc1cccc(NC(=O)CCn2c(-c3ccc(C(=O)O)cc3)nc3ccccc32)c1. The minimum Gasteiger partial charge on any atom is -0.497 e. The lowest BCUT2D eigenvalue weighted by atomic mass is 10.1. The number of amides is 1. The molecule has 2 N–H and O–H groups in total. The van der Waals surface area contributed by atoms with Crippen molar-refractivity contribution < 1.29 is 19.4 Å². The van der Waals surface area contributed by atoms with E-state index in [4.69, 9.17) is 14.8 Å². The van der Waals surface area contributed by atoms with E-state index in [2.05, 4.69) is 5.32 Å². The summed E-state index contributed by atoms with van der Waals surface area (Å²) in [6.07, 6.45) is 0.248. The van der Waals surface area contributed by atoms with Gasteiger partial charge in [0.15, 0.2) is 0 Å². The molecule has 3 aromatic carbocycles. The molecular formula is C24H21N3O4. The predicted octanol–water partition coefficient (Wildman–Crippen LogP) is 4.44. The quantitative estimate of drug-likeness (QED) is 0.465. The van der Waals surface area contributed by atoms with Crippen LogP contribution in [0.4, 0.5) is 5.69 Å². The number of hydrogen-bond acceptors (Lipinski definition) is 4. The Morgan fingerprint density at radius 2 is 1.81 bits per heavy atom. The van der Waals surface area contributed by atoms with E-state index < -0.39 is 5.97 Å². The zero-order valence-corrected chi connectivity index (χ0v) is 16.9. The molecule has 1 amide bonds. The summed E-state index contributed by atoms with van der Waals surface area (Å²) in [5.74, 6) is 0.255. The third-order valence-corrected chi connectivity index (χ3v) is 4.96. The second-order valence-electron chi connectivity index (χ2n) is 6.99. The van der Waals surface area contributed by atoms with Crippen LogP contribution < -0.4 is 10.1 Å². The van der Waals surface area contributed by atoms with Crippen molar-refractivity contribution in [3.63, 3.8) is 0 Å². The first kappa shape index (κ1) is 20.2. The first-order valence-corrected chi connectivity index (χ1v) is 9.78. The summed E-state index contributed by atoms with van der Waals surface area (Å²) in [6.45, 7) is 0.423. The zero-order valence-electron chi connectivity index (χ0n) is 16.9. The highest BCUT2D eigenvalue weighted by atomic mass is 16.5. The fraction of sp³-hybridized carbons (Fsp3) is 0.125. The number of rotatable bonds is 7. The Morgan fingerprint density at radius 1 is 1.03 bits per heavy atom. The Labute approximate surface area is 178 Å². The summed E-state index contributed by atoms with van der Waals surface area (Å²) in [6, 6.07) is 21.5. The molecule has 31 heavy (non-hydrogen) atoms. The van der Waals surface area contributed by atoms with E-state index in [0.29, 0.717) is 23.8 Å². The number of ether oxygens (including phenoxy) is 1. The predicted molar refractivity (Wildman–Crippen MR) is 118 cm³/mol. The third kappa shape index (κ3) is 4.40. The molecule has 0 unspecified atom stereocenters. The number of carbonyl (C=O) groups is 2. The van der Waals surface area contributed by atoms with E-state index in [0.717, 1.165) is 16.6 Å². The van der Waals surface area contributed by atoms with Crippen LogP contribution in [-0.2, 0) is 11.3 Å². The molecule has 0 bridgehead atoms. The fourth-order valence-electron chi connectivity index (χ4n) is 3.42. The standard InChI is InChI=1S/C24H21N3O4/c1-31-19-6-4-5-18(15-19)25-22(28)13-14-27-21-8-3-2-7-20(21)26-23(27)16-9-11-17(12-10-16)24(29)30/h2-12,15H,13-14H2,1H3,(H,25,28)(H,29,30). The number of carboxylic acids is 1. The second kappa shape index (κ2) is 8.71. The van der Waals surface area contributed by atoms with E-state index in [9.17, 15) is 9.59 Å². The molecule has 0 saturated heterocycles. The number of hydrogen-bond donors (Lipinski definition) is 2. The lowest BCUT2D eigenvalue weighted by Gasteiger charge is -2.11. The number of aromatic nitrogens is 2. The molecular weight excluding hydrogens is 394 g/mol. The Balaban J connectivity index is 1.58. The van der Waals surface area contributed by atoms with E-state index in [1.807, 2.05) is 47.0 Å². The molecule has 7 heteroatoms. The number of imidazole rings is 1. The van der Waals surface area contributed by atoms with E-state index in [-0.39, 0.29) is 17.9 Å². The van der Waals surface area contributed by atoms with Crippen molar-refractivity contribution in [2.45, 2.75) is 13.0 Å². The van der Waals surface area contributed by atoms with Crippen molar-refractivity contribution in [3.8, 4) is 17.1 Å². The molecule has 4 rings (SSSR count). The Bertz CT molecular complexity index is 1250. The topological polar surface area (TPSA) is 93.5 Å². The number of nitrogens with zero attached hydrogens (tertiary/aromatic N) is 2. The Hall–Kier alpha value is -4.13. The Morgan fingerprint density at radius 3 is 2.55 bits per heavy atom. The molecule has 1 aromatic heterocycles. The zero-order chi connectivity index (χ0) is 21.8. The van der Waals surface area contributed by atoms with Crippen LogP contribution in [0.5, 0.6) is 5.75 Å². The summed E-state index contributed by atoms with van der Waals surface area (Å²) >= 11 is 0. The van der Waals surface area contributed by atoms with Crippen molar-refractivity contribution in [2.24, 2.45) is 0 Å². The minimum atomic E-state index is -0.978. The number of nitrogens with one attached hydrogen (secondary N) is 1. The van der Waals surface area contributed by atoms with Crippen LogP contribution >= 0.6 is 0 Å². The number of benzene rings is 3. The molecule has 4 aromatic rings. The molecule has 156 valence electrons. The van der Waals surface area contributed by atoms with Gasteiger partial charge in [-0.25, -0.2) is 9.78 Å². The lowest BCUT2D eigenvalue weighted by Crippen LogP contribution is -2.15. The van der Waals surface area contributed by atoms with Crippen LogP contribution in [0.3, 0.4) is 0 Å². The number of aromatic carboxylic acids is 1. The number of aryl methyl sites for hydroxylation is 1. The summed E-state index contributed by atoms with van der Waals surface area (Å²) < 4.78 is 7.17. The molecule has 7 nitrogen and oxygen atoms in total. The third-order valence-electron chi connectivity index (χ3n) is 4.96. The average Bonchev–Trinajstić information content (AvgIpc) is 3.16. The van der Waals surface area contributed by atoms with Gasteiger partial charge >= 0.3 is 5.97 Å². The molecule has 0 spiro atoms. The molecule has 1 heterocycles. The van der Waals surface area contributed by atoms with Crippen LogP contribution in [0.25, 0.3) is 22.4 Å².